The smallest absolute Gasteiger partial charge is 0.332 e. The zero-order valence-electron chi connectivity index (χ0n) is 14.5. The lowest BCUT2D eigenvalue weighted by atomic mass is 10.0. The van der Waals surface area contributed by atoms with Crippen molar-refractivity contribution in [2.75, 3.05) is 0 Å². The second kappa shape index (κ2) is 5.30. The lowest BCUT2D eigenvalue weighted by molar-refractivity contribution is -0.140. The maximum absolute atomic E-state index is 11.3. The van der Waals surface area contributed by atoms with E-state index in [0.29, 0.717) is 5.71 Å². The van der Waals surface area contributed by atoms with Crippen molar-refractivity contribution in [3.8, 4) is 11.1 Å². The number of aromatic nitrogens is 1. The van der Waals surface area contributed by atoms with E-state index in [1.807, 2.05) is 18.2 Å². The van der Waals surface area contributed by atoms with Crippen molar-refractivity contribution in [2.45, 2.75) is 6.92 Å². The van der Waals surface area contributed by atoms with E-state index in [0.717, 1.165) is 27.8 Å². The second-order valence-corrected chi connectivity index (χ2v) is 6.56. The van der Waals surface area contributed by atoms with Crippen LogP contribution in [0, 0.1) is 0 Å². The standard InChI is InChI=1S/C22H16N2O2/c1-13(25)26-23-22-16-9-4-3-7-14(16)17-11-18-15-8-5-6-10-20(15)24(2)21(18)12-19(17)22/h3-12H,1-2H3/b23-22+. The number of nitrogens with zero attached hydrogens (tertiary/aromatic N) is 2. The quantitative estimate of drug-likeness (QED) is 0.330. The molecule has 1 aliphatic carbocycles. The number of fused-ring (bicyclic) bond motifs is 6. The van der Waals surface area contributed by atoms with Gasteiger partial charge in [0.05, 0.1) is 0 Å². The molecule has 0 saturated heterocycles. The summed E-state index contributed by atoms with van der Waals surface area (Å²) < 4.78 is 2.19. The van der Waals surface area contributed by atoms with Gasteiger partial charge in [-0.05, 0) is 29.3 Å². The van der Waals surface area contributed by atoms with Crippen LogP contribution in [0.1, 0.15) is 18.1 Å². The van der Waals surface area contributed by atoms with E-state index in [9.17, 15) is 4.79 Å². The van der Waals surface area contributed by atoms with Crippen molar-refractivity contribution >= 4 is 33.5 Å². The highest BCUT2D eigenvalue weighted by Crippen LogP contribution is 2.41. The first kappa shape index (κ1) is 14.9. The van der Waals surface area contributed by atoms with Crippen molar-refractivity contribution in [3.63, 3.8) is 0 Å². The molecule has 4 heteroatoms. The lowest BCUT2D eigenvalue weighted by Crippen LogP contribution is -2.02. The first-order chi connectivity index (χ1) is 12.6. The van der Waals surface area contributed by atoms with Gasteiger partial charge in [-0.25, -0.2) is 4.79 Å². The molecule has 26 heavy (non-hydrogen) atoms. The van der Waals surface area contributed by atoms with Crippen LogP contribution in [0.25, 0.3) is 32.9 Å². The summed E-state index contributed by atoms with van der Waals surface area (Å²) in [6, 6.07) is 20.9. The molecular formula is C22H16N2O2. The molecule has 0 bridgehead atoms. The molecule has 4 nitrogen and oxygen atoms in total. The first-order valence-electron chi connectivity index (χ1n) is 8.52. The Hall–Kier alpha value is -3.40. The molecule has 5 rings (SSSR count). The Kier molecular flexibility index (Phi) is 3.04. The van der Waals surface area contributed by atoms with Gasteiger partial charge in [-0.2, -0.15) is 0 Å². The molecule has 1 aromatic heterocycles. The van der Waals surface area contributed by atoms with Crippen LogP contribution < -0.4 is 0 Å². The zero-order chi connectivity index (χ0) is 17.8. The number of benzene rings is 3. The number of carbonyl (C=O) groups excluding carboxylic acids is 1. The minimum atomic E-state index is -0.422. The van der Waals surface area contributed by atoms with Crippen molar-refractivity contribution in [1.82, 2.24) is 4.57 Å². The van der Waals surface area contributed by atoms with Crippen LogP contribution in [0.4, 0.5) is 0 Å². The first-order valence-corrected chi connectivity index (χ1v) is 8.52. The van der Waals surface area contributed by atoms with Gasteiger partial charge in [0, 0.05) is 46.9 Å². The van der Waals surface area contributed by atoms with Gasteiger partial charge in [0.25, 0.3) is 0 Å². The highest BCUT2D eigenvalue weighted by atomic mass is 16.7. The summed E-state index contributed by atoms with van der Waals surface area (Å²) in [6.07, 6.45) is 0. The molecule has 0 radical (unpaired) electrons. The molecule has 0 atom stereocenters. The normalized spacial score (nSPS) is 14.0. The highest BCUT2D eigenvalue weighted by Gasteiger charge is 2.27. The number of hydrogen-bond donors (Lipinski definition) is 0. The van der Waals surface area contributed by atoms with E-state index in [4.69, 9.17) is 4.84 Å². The molecule has 0 amide bonds. The molecule has 4 aromatic rings. The predicted molar refractivity (Wildman–Crippen MR) is 103 cm³/mol. The summed E-state index contributed by atoms with van der Waals surface area (Å²) >= 11 is 0. The van der Waals surface area contributed by atoms with Gasteiger partial charge in [0.15, 0.2) is 0 Å². The Balaban J connectivity index is 1.87. The summed E-state index contributed by atoms with van der Waals surface area (Å²) in [5.74, 6) is -0.422. The molecule has 0 saturated carbocycles. The number of oxime groups is 1. The van der Waals surface area contributed by atoms with E-state index in [1.165, 1.54) is 23.2 Å². The van der Waals surface area contributed by atoms with Crippen LogP contribution in [0.15, 0.2) is 65.8 Å². The van der Waals surface area contributed by atoms with E-state index in [1.54, 1.807) is 0 Å². The zero-order valence-corrected chi connectivity index (χ0v) is 14.5. The van der Waals surface area contributed by atoms with Crippen molar-refractivity contribution < 1.29 is 9.63 Å². The Labute approximate surface area is 150 Å². The number of rotatable bonds is 1. The maximum atomic E-state index is 11.3. The lowest BCUT2D eigenvalue weighted by Gasteiger charge is -2.04. The molecule has 1 aliphatic rings. The average molecular weight is 340 g/mol. The van der Waals surface area contributed by atoms with Crippen LogP contribution in [-0.2, 0) is 16.7 Å². The Morgan fingerprint density at radius 3 is 2.38 bits per heavy atom. The molecule has 3 aromatic carbocycles. The second-order valence-electron chi connectivity index (χ2n) is 6.56. The minimum Gasteiger partial charge on any atom is -0.344 e. The maximum Gasteiger partial charge on any atom is 0.332 e. The fourth-order valence-corrected chi connectivity index (χ4v) is 3.90. The Morgan fingerprint density at radius 2 is 1.58 bits per heavy atom. The molecule has 126 valence electrons. The molecule has 0 unspecified atom stereocenters. The van der Waals surface area contributed by atoms with Gasteiger partial charge in [-0.1, -0.05) is 47.6 Å². The third-order valence-corrected chi connectivity index (χ3v) is 5.05. The molecule has 0 fully saturated rings. The Bertz CT molecular complexity index is 1250. The van der Waals surface area contributed by atoms with Gasteiger partial charge in [0.1, 0.15) is 5.71 Å². The summed E-state index contributed by atoms with van der Waals surface area (Å²) in [4.78, 5) is 16.3. The third-order valence-electron chi connectivity index (χ3n) is 5.05. The number of carbonyl (C=O) groups is 1. The minimum absolute atomic E-state index is 0.422. The van der Waals surface area contributed by atoms with E-state index >= 15 is 0 Å². The largest absolute Gasteiger partial charge is 0.344 e. The van der Waals surface area contributed by atoms with Crippen LogP contribution in [0.3, 0.4) is 0 Å². The molecule has 1 heterocycles. The van der Waals surface area contributed by atoms with Gasteiger partial charge < -0.3 is 9.40 Å². The number of hydrogen-bond acceptors (Lipinski definition) is 3. The predicted octanol–water partition coefficient (Wildman–Crippen LogP) is 4.63. The van der Waals surface area contributed by atoms with Gasteiger partial charge in [0.2, 0.25) is 0 Å². The summed E-state index contributed by atoms with van der Waals surface area (Å²) in [7, 11) is 2.07. The van der Waals surface area contributed by atoms with Crippen molar-refractivity contribution in [2.24, 2.45) is 12.2 Å². The highest BCUT2D eigenvalue weighted by molar-refractivity contribution is 6.27. The molecule has 0 spiro atoms. The van der Waals surface area contributed by atoms with Gasteiger partial charge in [-0.15, -0.1) is 0 Å². The van der Waals surface area contributed by atoms with Gasteiger partial charge >= 0.3 is 5.97 Å². The van der Waals surface area contributed by atoms with E-state index in [-0.39, 0.29) is 0 Å². The topological polar surface area (TPSA) is 43.6 Å². The average Bonchev–Trinajstić information content (AvgIpc) is 3.12. The molecule has 0 N–H and O–H groups in total. The SMILES string of the molecule is CC(=O)O/N=C1\c2ccccc2-c2cc3c4ccccc4n(C)c3cc21. The monoisotopic (exact) mass is 340 g/mol. The van der Waals surface area contributed by atoms with Crippen molar-refractivity contribution in [1.29, 1.82) is 0 Å². The molecule has 0 aliphatic heterocycles. The van der Waals surface area contributed by atoms with Crippen molar-refractivity contribution in [3.05, 3.63) is 71.8 Å². The van der Waals surface area contributed by atoms with Crippen LogP contribution in [0.2, 0.25) is 0 Å². The fraction of sp³-hybridized carbons (Fsp3) is 0.0909. The number of para-hydroxylation sites is 1. The summed E-state index contributed by atoms with van der Waals surface area (Å²) in [6.45, 7) is 1.36. The fourth-order valence-electron chi connectivity index (χ4n) is 3.90. The molecular weight excluding hydrogens is 324 g/mol. The number of aryl methyl sites for hydroxylation is 1. The van der Waals surface area contributed by atoms with E-state index < -0.39 is 5.97 Å². The van der Waals surface area contributed by atoms with E-state index in [2.05, 4.69) is 59.2 Å². The van der Waals surface area contributed by atoms with Crippen LogP contribution in [-0.4, -0.2) is 16.2 Å². The summed E-state index contributed by atoms with van der Waals surface area (Å²) in [5.41, 5.74) is 7.25. The third kappa shape index (κ3) is 1.96. The van der Waals surface area contributed by atoms with Crippen LogP contribution >= 0.6 is 0 Å². The van der Waals surface area contributed by atoms with Gasteiger partial charge in [-0.3, -0.25) is 0 Å². The van der Waals surface area contributed by atoms with Crippen LogP contribution in [0.5, 0.6) is 0 Å². The Morgan fingerprint density at radius 1 is 0.846 bits per heavy atom. The summed E-state index contributed by atoms with van der Waals surface area (Å²) in [5, 5.41) is 6.60.